The molecule has 11 N–H and O–H groups in total. The molecule has 0 aromatic carbocycles. The van der Waals surface area contributed by atoms with Crippen LogP contribution in [0.4, 0.5) is 10.2 Å². The second kappa shape index (κ2) is 12.3. The van der Waals surface area contributed by atoms with Crippen molar-refractivity contribution >= 4 is 54.7 Å². The first-order valence-electron chi connectivity index (χ1n) is 11.2. The highest BCUT2D eigenvalue weighted by Crippen LogP contribution is 2.61. The van der Waals surface area contributed by atoms with Gasteiger partial charge >= 0.3 is 14.5 Å². The molecule has 2 aromatic rings. The van der Waals surface area contributed by atoms with Gasteiger partial charge in [-0.25, -0.2) is 23.2 Å². The van der Waals surface area contributed by atoms with E-state index >= 15 is 0 Å². The smallest absolute Gasteiger partial charge is 0.393 e. The van der Waals surface area contributed by atoms with Gasteiger partial charge in [0.25, 0.3) is 0 Å². The predicted molar refractivity (Wildman–Crippen MR) is 134 cm³/mol. The number of aromatic nitrogens is 3. The molecule has 0 bridgehead atoms. The largest absolute Gasteiger partial charge is 0.481 e. The van der Waals surface area contributed by atoms with Crippen LogP contribution in [0.15, 0.2) is 6.33 Å². The van der Waals surface area contributed by atoms with E-state index < -0.39 is 89.0 Å². The minimum atomic E-state index is -5.46. The van der Waals surface area contributed by atoms with Crippen LogP contribution in [-0.2, 0) is 39.2 Å². The van der Waals surface area contributed by atoms with E-state index in [1.165, 1.54) is 6.33 Å². The van der Waals surface area contributed by atoms with Crippen molar-refractivity contribution < 1.29 is 67.1 Å². The number of alkyl halides is 1. The van der Waals surface area contributed by atoms with E-state index in [9.17, 15) is 39.2 Å². The second-order valence-electron chi connectivity index (χ2n) is 8.73. The molecule has 23 heteroatoms. The Morgan fingerprint density at radius 3 is 2.50 bits per heavy atom. The third kappa shape index (κ3) is 6.66. The van der Waals surface area contributed by atoms with Crippen LogP contribution in [0, 0.1) is 0 Å². The van der Waals surface area contributed by atoms with E-state index in [2.05, 4.69) is 23.2 Å². The number of ether oxygens (including phenoxy) is 2. The average Bonchev–Trinajstić information content (AvgIpc) is 3.43. The maximum absolute atomic E-state index is 13.9. The fraction of sp³-hybridized carbons (Fsp3) is 0.706. The molecule has 2 aliphatic heterocycles. The summed E-state index contributed by atoms with van der Waals surface area (Å²) in [6.07, 6.45) is -15.1. The zero-order chi connectivity index (χ0) is 29.6. The molecule has 40 heavy (non-hydrogen) atoms. The van der Waals surface area contributed by atoms with Gasteiger partial charge < -0.3 is 60.8 Å². The summed E-state index contributed by atoms with van der Waals surface area (Å²) in [6.45, 7) is -6.47. The van der Waals surface area contributed by atoms with Crippen molar-refractivity contribution in [3.8, 4) is 0 Å². The number of nitrogens with two attached hydrogens (primary N) is 2. The Morgan fingerprint density at radius 2 is 1.82 bits per heavy atom. The van der Waals surface area contributed by atoms with Crippen LogP contribution in [-0.4, -0.2) is 118 Å². The molecule has 7 unspecified atom stereocenters. The van der Waals surface area contributed by atoms with Crippen molar-refractivity contribution in [3.63, 3.8) is 0 Å². The lowest BCUT2D eigenvalue weighted by Gasteiger charge is -2.41. The van der Waals surface area contributed by atoms with Crippen LogP contribution in [0.2, 0.25) is 0 Å². The summed E-state index contributed by atoms with van der Waals surface area (Å²) in [5.41, 5.74) is 12.5. The Bertz CT molecular complexity index is 1300. The quantitative estimate of drug-likeness (QED) is 0.118. The number of aliphatic hydroxyl groups excluding tert-OH is 5. The topological polar surface area (TPSA) is 296 Å². The molecule has 226 valence electrons. The van der Waals surface area contributed by atoms with E-state index in [0.717, 1.165) is 11.5 Å². The van der Waals surface area contributed by atoms with Crippen LogP contribution in [0.3, 0.4) is 0 Å². The number of phosphoric ester groups is 1. The summed E-state index contributed by atoms with van der Waals surface area (Å²) in [6, 6.07) is -1.02. The highest BCUT2D eigenvalue weighted by molar-refractivity contribution is 8.08. The molecule has 2 saturated heterocycles. The van der Waals surface area contributed by atoms with Crippen LogP contribution in [0.25, 0.3) is 11.0 Å². The zero-order valence-corrected chi connectivity index (χ0v) is 23.4. The number of halogens is 1. The van der Waals surface area contributed by atoms with Gasteiger partial charge in [-0.3, -0.25) is 4.52 Å². The molecule has 0 amide bonds. The van der Waals surface area contributed by atoms with E-state index in [1.807, 2.05) is 0 Å². The van der Waals surface area contributed by atoms with Gasteiger partial charge in [-0.2, -0.15) is 4.37 Å². The summed E-state index contributed by atoms with van der Waals surface area (Å²) >= 11 is 5.69. The van der Waals surface area contributed by atoms with Gasteiger partial charge in [0.1, 0.15) is 60.1 Å². The number of rotatable bonds is 10. The van der Waals surface area contributed by atoms with Crippen LogP contribution in [0.1, 0.15) is 11.0 Å². The summed E-state index contributed by atoms with van der Waals surface area (Å²) in [5, 5.41) is 49.3. The fourth-order valence-corrected chi connectivity index (χ4v) is 8.00. The highest BCUT2D eigenvalue weighted by Gasteiger charge is 2.50. The van der Waals surface area contributed by atoms with Gasteiger partial charge in [-0.05, 0) is 23.3 Å². The Morgan fingerprint density at radius 1 is 1.12 bits per heavy atom. The molecular formula is C17H26FN5O13P2S2. The number of nitrogen functional groups attached to an aromatic ring is 1. The standard InChI is InChI=1S/C17H26FN5O13P2S2/c18-4(1-24)13-11(27)10(26)12(28)17(34-13)35-37(29,30)36-38(31,39)32-2-5-9(25)6(19)14(33-5)15-7-8(23-40-15)16(20)22-3-21-7/h3-6,9-14,17,24-28H,1-2,19H2,(H,29,30)(H,31,39)(H2,20,21,22)/t4-,5+,6+,9+,10?,11?,12?,13?,14+,17?,38?/m0/s1. The van der Waals surface area contributed by atoms with Crippen molar-refractivity contribution in [2.24, 2.45) is 5.73 Å². The van der Waals surface area contributed by atoms with Crippen molar-refractivity contribution in [3.05, 3.63) is 11.2 Å². The van der Waals surface area contributed by atoms with Gasteiger partial charge in [0.2, 0.25) is 0 Å². The van der Waals surface area contributed by atoms with Crippen LogP contribution in [0.5, 0.6) is 0 Å². The first-order valence-corrected chi connectivity index (χ1v) is 16.1. The number of aliphatic hydroxyl groups is 5. The third-order valence-corrected chi connectivity index (χ3v) is 10.4. The fourth-order valence-electron chi connectivity index (χ4n) is 3.98. The predicted octanol–water partition coefficient (Wildman–Crippen LogP) is -2.70. The number of hydrogen-bond donors (Lipinski definition) is 9. The van der Waals surface area contributed by atoms with Gasteiger partial charge in [-0.15, -0.1) is 0 Å². The molecule has 2 aliphatic rings. The first kappa shape index (κ1) is 32.0. The lowest BCUT2D eigenvalue weighted by atomic mass is 9.96. The van der Waals surface area contributed by atoms with Gasteiger partial charge in [0.05, 0.1) is 24.1 Å². The van der Waals surface area contributed by atoms with Gasteiger partial charge in [-0.1, -0.05) is 0 Å². The van der Waals surface area contributed by atoms with Crippen LogP contribution < -0.4 is 11.5 Å². The van der Waals surface area contributed by atoms with Gasteiger partial charge in [0.15, 0.2) is 18.3 Å². The molecule has 0 saturated carbocycles. The van der Waals surface area contributed by atoms with E-state index in [0.29, 0.717) is 15.9 Å². The Labute approximate surface area is 233 Å². The monoisotopic (exact) mass is 653 g/mol. The first-order chi connectivity index (χ1) is 18.7. The molecule has 2 aromatic heterocycles. The average molecular weight is 653 g/mol. The molecular weight excluding hydrogens is 627 g/mol. The summed E-state index contributed by atoms with van der Waals surface area (Å²) in [5.74, 6) is 0.124. The minimum absolute atomic E-state index is 0.124. The number of hydrogen-bond acceptors (Lipinski definition) is 18. The normalized spacial score (nSPS) is 36.8. The Balaban J connectivity index is 1.38. The second-order valence-corrected chi connectivity index (χ2v) is 13.9. The summed E-state index contributed by atoms with van der Waals surface area (Å²) in [7, 11) is -5.46. The molecule has 0 spiro atoms. The highest BCUT2D eigenvalue weighted by atomic mass is 32.5. The van der Waals surface area contributed by atoms with E-state index in [4.69, 9.17) is 42.4 Å². The van der Waals surface area contributed by atoms with E-state index in [-0.39, 0.29) is 5.82 Å². The van der Waals surface area contributed by atoms with Crippen molar-refractivity contribution in [1.29, 1.82) is 0 Å². The number of fused-ring (bicyclic) bond motifs is 1. The zero-order valence-electron chi connectivity index (χ0n) is 19.9. The van der Waals surface area contributed by atoms with Crippen LogP contribution >= 0.6 is 26.1 Å². The summed E-state index contributed by atoms with van der Waals surface area (Å²) in [4.78, 5) is 28.8. The number of phosphoric acid groups is 1. The molecule has 0 aliphatic carbocycles. The van der Waals surface area contributed by atoms with Crippen molar-refractivity contribution in [1.82, 2.24) is 14.3 Å². The lowest BCUT2D eigenvalue weighted by molar-refractivity contribution is -0.287. The van der Waals surface area contributed by atoms with E-state index in [1.54, 1.807) is 0 Å². The maximum Gasteiger partial charge on any atom is 0.481 e. The molecule has 4 heterocycles. The Hall–Kier alpha value is -0.940. The molecule has 0 radical (unpaired) electrons. The van der Waals surface area contributed by atoms with Crippen molar-refractivity contribution in [2.45, 2.75) is 61.2 Å². The summed E-state index contributed by atoms with van der Waals surface area (Å²) < 4.78 is 55.3. The Kier molecular flexibility index (Phi) is 9.87. The SMILES string of the molecule is Nc1ncnc2c([C@@H]3O[C@H](COP(O)(=S)OP(=O)(O)OC4OC([C@@H](F)CO)C(O)C(O)C4O)[C@@H](O)[C@H]3N)snc12. The number of anilines is 1. The molecule has 4 rings (SSSR count). The van der Waals surface area contributed by atoms with Crippen molar-refractivity contribution in [2.75, 3.05) is 18.9 Å². The lowest BCUT2D eigenvalue weighted by Crippen LogP contribution is -2.60. The molecule has 12 atom stereocenters. The molecule has 18 nitrogen and oxygen atoms in total. The molecule has 2 fully saturated rings. The number of nitrogens with zero attached hydrogens (tertiary/aromatic N) is 3. The van der Waals surface area contributed by atoms with Gasteiger partial charge in [0, 0.05) is 0 Å². The minimum Gasteiger partial charge on any atom is -0.393 e. The third-order valence-electron chi connectivity index (χ3n) is 6.01. The maximum atomic E-state index is 13.9.